The van der Waals surface area contributed by atoms with Gasteiger partial charge in [-0.05, 0) is 42.5 Å². The Morgan fingerprint density at radius 2 is 1.06 bits per heavy atom. The van der Waals surface area contributed by atoms with Crippen molar-refractivity contribution in [1.29, 1.82) is 0 Å². The third kappa shape index (κ3) is 3.68. The van der Waals surface area contributed by atoms with Crippen LogP contribution in [0.3, 0.4) is 0 Å². The summed E-state index contributed by atoms with van der Waals surface area (Å²) in [4.78, 5) is 24.8. The summed E-state index contributed by atoms with van der Waals surface area (Å²) in [6.45, 7) is 0. The van der Waals surface area contributed by atoms with Crippen molar-refractivity contribution in [2.45, 2.75) is 5.66 Å². The number of nitro groups is 1. The molecule has 1 atom stereocenters. The Labute approximate surface area is 187 Å². The van der Waals surface area contributed by atoms with Gasteiger partial charge >= 0.3 is 0 Å². The first-order chi connectivity index (χ1) is 15.6. The number of nitro benzene ring substituents is 1. The molecule has 0 aromatic heterocycles. The lowest BCUT2D eigenvalue weighted by Gasteiger charge is -2.33. The third-order valence-electron chi connectivity index (χ3n) is 5.58. The maximum atomic E-state index is 13.3. The topological polar surface area (TPSA) is 86.2 Å². The number of nitrogens with zero attached hydrogens (tertiary/aromatic N) is 1. The van der Waals surface area contributed by atoms with E-state index in [1.54, 1.807) is 18.2 Å². The van der Waals surface area contributed by atoms with Gasteiger partial charge in [-0.3, -0.25) is 14.9 Å². The number of carbonyl (C=O) groups excluding carboxylic acids is 1. The molecule has 0 spiro atoms. The van der Waals surface area contributed by atoms with Crippen LogP contribution in [0.1, 0.15) is 11.2 Å². The van der Waals surface area contributed by atoms with Crippen LogP contribution < -0.4 is 21.6 Å². The van der Waals surface area contributed by atoms with Crippen molar-refractivity contribution in [1.82, 2.24) is 0 Å². The van der Waals surface area contributed by atoms with Gasteiger partial charge in [0.1, 0.15) is 23.2 Å². The molecule has 158 valence electrons. The highest BCUT2D eigenvalue weighted by Crippen LogP contribution is 2.67. The summed E-state index contributed by atoms with van der Waals surface area (Å²) in [5.74, 6) is -0.593. The standard InChI is InChI=1S/C26H21N2O3P/c27-26(29)25(23-18-10-11-19-24(23)28(30)31)32(20-12-4-1-5-13-20,21-14-6-2-7-15-21)22-16-8-3-9-17-22/h1-19,25H,(H-,27,29)/p+1. The summed E-state index contributed by atoms with van der Waals surface area (Å²) in [6.07, 6.45) is 0. The zero-order valence-corrected chi connectivity index (χ0v) is 18.1. The minimum atomic E-state index is -2.79. The van der Waals surface area contributed by atoms with Crippen molar-refractivity contribution in [2.75, 3.05) is 0 Å². The van der Waals surface area contributed by atoms with Crippen LogP contribution in [0.5, 0.6) is 0 Å². The summed E-state index contributed by atoms with van der Waals surface area (Å²) >= 11 is 0. The quantitative estimate of drug-likeness (QED) is 0.266. The molecular weight excluding hydrogens is 419 g/mol. The molecule has 0 heterocycles. The van der Waals surface area contributed by atoms with Crippen LogP contribution in [-0.2, 0) is 4.79 Å². The number of benzene rings is 4. The lowest BCUT2D eigenvalue weighted by atomic mass is 10.1. The second-order valence-corrected chi connectivity index (χ2v) is 10.9. The Morgan fingerprint density at radius 1 is 0.688 bits per heavy atom. The molecule has 0 aliphatic heterocycles. The van der Waals surface area contributed by atoms with Gasteiger partial charge in [-0.2, -0.15) is 0 Å². The van der Waals surface area contributed by atoms with Crippen molar-refractivity contribution >= 4 is 34.8 Å². The molecule has 32 heavy (non-hydrogen) atoms. The second-order valence-electron chi connectivity index (χ2n) is 7.35. The van der Waals surface area contributed by atoms with Gasteiger partial charge in [-0.1, -0.05) is 66.7 Å². The largest absolute Gasteiger partial charge is 0.366 e. The van der Waals surface area contributed by atoms with Crippen LogP contribution in [0.2, 0.25) is 0 Å². The summed E-state index contributed by atoms with van der Waals surface area (Å²) in [7, 11) is -2.79. The molecule has 0 aliphatic carbocycles. The molecule has 0 aliphatic rings. The van der Waals surface area contributed by atoms with E-state index in [-0.39, 0.29) is 5.69 Å². The fourth-order valence-electron chi connectivity index (χ4n) is 4.32. The van der Waals surface area contributed by atoms with Gasteiger partial charge < -0.3 is 5.73 Å². The third-order valence-corrected chi connectivity index (χ3v) is 10.2. The van der Waals surface area contributed by atoms with Crippen molar-refractivity contribution in [3.63, 3.8) is 0 Å². The van der Waals surface area contributed by atoms with Crippen LogP contribution in [0.15, 0.2) is 115 Å². The average molecular weight is 441 g/mol. The molecule has 0 bridgehead atoms. The number of hydrogen-bond acceptors (Lipinski definition) is 3. The normalized spacial score (nSPS) is 12.1. The van der Waals surface area contributed by atoms with Gasteiger partial charge in [0.2, 0.25) is 0 Å². The Balaban J connectivity index is 2.18. The summed E-state index contributed by atoms with van der Waals surface area (Å²) in [6, 6.07) is 35.6. The van der Waals surface area contributed by atoms with E-state index in [2.05, 4.69) is 0 Å². The summed E-state index contributed by atoms with van der Waals surface area (Å²) < 4.78 is 0. The SMILES string of the molecule is NC(=O)C(c1ccccc1[N+](=O)[O-])[P+](c1ccccc1)(c1ccccc1)c1ccccc1. The van der Waals surface area contributed by atoms with Crippen molar-refractivity contribution in [3.05, 3.63) is 131 Å². The van der Waals surface area contributed by atoms with Gasteiger partial charge in [0.05, 0.1) is 10.5 Å². The Hall–Kier alpha value is -3.82. The number of amides is 1. The number of nitrogens with two attached hydrogens (primary N) is 1. The zero-order chi connectivity index (χ0) is 22.6. The molecule has 1 unspecified atom stereocenters. The first-order valence-corrected chi connectivity index (χ1v) is 12.0. The molecule has 0 saturated heterocycles. The molecule has 0 saturated carbocycles. The molecule has 2 N–H and O–H groups in total. The first kappa shape index (κ1) is 21.4. The summed E-state index contributed by atoms with van der Waals surface area (Å²) in [5, 5.41) is 14.7. The van der Waals surface area contributed by atoms with Gasteiger partial charge in [0.15, 0.2) is 5.66 Å². The number of para-hydroxylation sites is 1. The number of rotatable bonds is 7. The Bertz CT molecular complexity index is 1140. The van der Waals surface area contributed by atoms with Gasteiger partial charge in [0, 0.05) is 6.07 Å². The maximum absolute atomic E-state index is 13.3. The minimum absolute atomic E-state index is 0.108. The lowest BCUT2D eigenvalue weighted by molar-refractivity contribution is -0.385. The van der Waals surface area contributed by atoms with Crippen LogP contribution in [0.4, 0.5) is 5.69 Å². The molecular formula is C26H22N2O3P+. The highest BCUT2D eigenvalue weighted by Gasteiger charge is 2.57. The van der Waals surface area contributed by atoms with Gasteiger partial charge in [0.25, 0.3) is 11.6 Å². The van der Waals surface area contributed by atoms with E-state index in [0.717, 1.165) is 15.9 Å². The average Bonchev–Trinajstić information content (AvgIpc) is 2.84. The van der Waals surface area contributed by atoms with E-state index in [1.165, 1.54) is 6.07 Å². The van der Waals surface area contributed by atoms with Crippen molar-refractivity contribution < 1.29 is 9.72 Å². The van der Waals surface area contributed by atoms with E-state index >= 15 is 0 Å². The van der Waals surface area contributed by atoms with E-state index in [0.29, 0.717) is 5.56 Å². The van der Waals surface area contributed by atoms with Crippen LogP contribution in [0, 0.1) is 10.1 Å². The molecule has 0 fully saturated rings. The fraction of sp³-hybridized carbons (Fsp3) is 0.0385. The molecule has 0 radical (unpaired) electrons. The maximum Gasteiger partial charge on any atom is 0.277 e. The van der Waals surface area contributed by atoms with E-state index < -0.39 is 23.8 Å². The summed E-state index contributed by atoms with van der Waals surface area (Å²) in [5.41, 5.74) is 5.40. The van der Waals surface area contributed by atoms with E-state index in [4.69, 9.17) is 5.73 Å². The predicted molar refractivity (Wildman–Crippen MR) is 130 cm³/mol. The Morgan fingerprint density at radius 3 is 1.44 bits per heavy atom. The van der Waals surface area contributed by atoms with Crippen molar-refractivity contribution in [2.24, 2.45) is 5.73 Å². The first-order valence-electron chi connectivity index (χ1n) is 10.1. The highest BCUT2D eigenvalue weighted by atomic mass is 31.2. The van der Waals surface area contributed by atoms with Gasteiger partial charge in [-0.25, -0.2) is 0 Å². The fourth-order valence-corrected chi connectivity index (χ4v) is 9.05. The Kier molecular flexibility index (Phi) is 6.11. The second kappa shape index (κ2) is 9.13. The van der Waals surface area contributed by atoms with Crippen LogP contribution >= 0.6 is 7.26 Å². The molecule has 6 heteroatoms. The van der Waals surface area contributed by atoms with Crippen LogP contribution in [0.25, 0.3) is 0 Å². The smallest absolute Gasteiger partial charge is 0.277 e. The molecule has 5 nitrogen and oxygen atoms in total. The van der Waals surface area contributed by atoms with Gasteiger partial charge in [-0.15, -0.1) is 0 Å². The molecule has 4 aromatic rings. The molecule has 4 aromatic carbocycles. The number of hydrogen-bond donors (Lipinski definition) is 1. The van der Waals surface area contributed by atoms with Crippen LogP contribution in [-0.4, -0.2) is 10.8 Å². The zero-order valence-electron chi connectivity index (χ0n) is 17.2. The lowest BCUT2D eigenvalue weighted by Crippen LogP contribution is -2.40. The number of primary amides is 1. The van der Waals surface area contributed by atoms with Crippen molar-refractivity contribution in [3.8, 4) is 0 Å². The van der Waals surface area contributed by atoms with E-state index in [1.807, 2.05) is 91.0 Å². The predicted octanol–water partition coefficient (Wildman–Crippen LogP) is 4.12. The number of carbonyl (C=O) groups is 1. The van der Waals surface area contributed by atoms with E-state index in [9.17, 15) is 14.9 Å². The molecule has 1 amide bonds. The highest BCUT2D eigenvalue weighted by molar-refractivity contribution is 7.96. The molecule has 4 rings (SSSR count). The monoisotopic (exact) mass is 441 g/mol. The minimum Gasteiger partial charge on any atom is -0.366 e.